The van der Waals surface area contributed by atoms with E-state index in [4.69, 9.17) is 21.1 Å². The number of hydrogen-bond acceptors (Lipinski definition) is 7. The monoisotopic (exact) mass is 607 g/mol. The summed E-state index contributed by atoms with van der Waals surface area (Å²) in [6, 6.07) is 27.8. The Labute approximate surface area is 260 Å². The van der Waals surface area contributed by atoms with Crippen LogP contribution in [0, 0.1) is 22.7 Å². The number of ether oxygens (including phenoxy) is 2. The highest BCUT2D eigenvalue weighted by Crippen LogP contribution is 2.43. The van der Waals surface area contributed by atoms with Crippen molar-refractivity contribution in [3.05, 3.63) is 117 Å². The minimum absolute atomic E-state index is 0.0321. The lowest BCUT2D eigenvalue weighted by Crippen LogP contribution is -2.37. The van der Waals surface area contributed by atoms with E-state index in [2.05, 4.69) is 41.7 Å². The number of rotatable bonds is 12. The first-order chi connectivity index (χ1) is 21.4. The first-order valence-corrected chi connectivity index (χ1v) is 14.6. The zero-order valence-corrected chi connectivity index (χ0v) is 24.6. The number of carboxylic acids is 1. The van der Waals surface area contributed by atoms with Gasteiger partial charge in [0.1, 0.15) is 30.3 Å². The molecule has 0 amide bonds. The van der Waals surface area contributed by atoms with Gasteiger partial charge >= 0.3 is 5.97 Å². The lowest BCUT2D eigenvalue weighted by molar-refractivity contribution is -0.140. The molecule has 0 unspecified atom stereocenters. The van der Waals surface area contributed by atoms with Crippen LogP contribution in [-0.4, -0.2) is 28.8 Å². The van der Waals surface area contributed by atoms with Gasteiger partial charge in [0, 0.05) is 24.8 Å². The van der Waals surface area contributed by atoms with E-state index in [1.807, 2.05) is 24.3 Å². The van der Waals surface area contributed by atoms with Crippen molar-refractivity contribution in [3.8, 4) is 34.8 Å². The van der Waals surface area contributed by atoms with Crippen LogP contribution in [0.1, 0.15) is 52.3 Å². The SMILES string of the molecule is N#Cc1cc(C#N)cc(COc2cc(O[C@H]3CCc4c(-c5ccccc5)cccc43)c(Cl)cc2CN[C@@H](CCO)C(=O)O)c1. The predicted octanol–water partition coefficient (Wildman–Crippen LogP) is 6.32. The van der Waals surface area contributed by atoms with Gasteiger partial charge in [-0.3, -0.25) is 4.79 Å². The van der Waals surface area contributed by atoms with Crippen molar-refractivity contribution in [2.45, 2.75) is 44.6 Å². The van der Waals surface area contributed by atoms with Crippen LogP contribution in [0.25, 0.3) is 11.1 Å². The first kappa shape index (κ1) is 30.6. The summed E-state index contributed by atoms with van der Waals surface area (Å²) in [6.07, 6.45) is 1.43. The number of nitriles is 2. The number of nitrogens with zero attached hydrogens (tertiary/aromatic N) is 2. The number of fused-ring (bicyclic) bond motifs is 1. The number of benzene rings is 4. The standard InChI is InChI=1S/C35H30ClN3O5/c36-30-16-26(20-39-31(11-12-40)35(41)42)33(43-21-24-14-22(18-37)13-23(15-24)19-38)17-34(30)44-32-10-9-28-27(7-4-8-29(28)32)25-5-2-1-3-6-25/h1-8,13-17,31-32,39-40H,9-12,20-21H2,(H,41,42)/t31-,32-/m0/s1. The van der Waals surface area contributed by atoms with Gasteiger partial charge < -0.3 is 25.0 Å². The Hall–Kier alpha value is -4.86. The van der Waals surface area contributed by atoms with E-state index < -0.39 is 12.0 Å². The van der Waals surface area contributed by atoms with Gasteiger partial charge in [-0.25, -0.2) is 0 Å². The van der Waals surface area contributed by atoms with E-state index in [1.165, 1.54) is 17.2 Å². The third kappa shape index (κ3) is 7.02. The van der Waals surface area contributed by atoms with Crippen molar-refractivity contribution in [2.24, 2.45) is 0 Å². The number of aliphatic hydroxyl groups excluding tert-OH is 1. The maximum absolute atomic E-state index is 11.7. The summed E-state index contributed by atoms with van der Waals surface area (Å²) < 4.78 is 12.7. The molecule has 1 aliphatic rings. The van der Waals surface area contributed by atoms with Crippen molar-refractivity contribution in [1.82, 2.24) is 5.32 Å². The van der Waals surface area contributed by atoms with Gasteiger partial charge in [0.15, 0.2) is 0 Å². The second-order valence-electron chi connectivity index (χ2n) is 10.5. The molecule has 0 radical (unpaired) electrons. The number of hydrogen-bond donors (Lipinski definition) is 3. The second kappa shape index (κ2) is 14.1. The third-order valence-electron chi connectivity index (χ3n) is 7.58. The molecule has 3 N–H and O–H groups in total. The van der Waals surface area contributed by atoms with Crippen molar-refractivity contribution >= 4 is 17.6 Å². The van der Waals surface area contributed by atoms with Crippen LogP contribution in [-0.2, 0) is 24.4 Å². The minimum Gasteiger partial charge on any atom is -0.488 e. The largest absolute Gasteiger partial charge is 0.488 e. The molecule has 222 valence electrons. The molecule has 0 fully saturated rings. The fourth-order valence-corrected chi connectivity index (χ4v) is 5.69. The highest BCUT2D eigenvalue weighted by atomic mass is 35.5. The van der Waals surface area contributed by atoms with E-state index >= 15 is 0 Å². The van der Waals surface area contributed by atoms with E-state index in [9.17, 15) is 25.5 Å². The van der Waals surface area contributed by atoms with Crippen molar-refractivity contribution < 1.29 is 24.5 Å². The topological polar surface area (TPSA) is 136 Å². The quantitative estimate of drug-likeness (QED) is 0.170. The van der Waals surface area contributed by atoms with Crippen molar-refractivity contribution in [3.63, 3.8) is 0 Å². The Morgan fingerprint density at radius 3 is 2.43 bits per heavy atom. The Balaban J connectivity index is 1.44. The molecular weight excluding hydrogens is 578 g/mol. The first-order valence-electron chi connectivity index (χ1n) is 14.2. The van der Waals surface area contributed by atoms with Gasteiger partial charge in [-0.1, -0.05) is 60.1 Å². The van der Waals surface area contributed by atoms with Crippen LogP contribution >= 0.6 is 11.6 Å². The molecule has 4 aromatic rings. The fourth-order valence-electron chi connectivity index (χ4n) is 5.46. The highest BCUT2D eigenvalue weighted by Gasteiger charge is 2.28. The second-order valence-corrected chi connectivity index (χ2v) is 10.9. The molecule has 0 aromatic heterocycles. The molecule has 1 aliphatic carbocycles. The summed E-state index contributed by atoms with van der Waals surface area (Å²) in [5, 5.41) is 40.8. The molecule has 0 saturated heterocycles. The number of nitrogens with one attached hydrogen (secondary N) is 1. The van der Waals surface area contributed by atoms with E-state index in [1.54, 1.807) is 24.3 Å². The summed E-state index contributed by atoms with van der Waals surface area (Å²) in [6.45, 7) is -0.142. The fraction of sp³-hybridized carbons (Fsp3) is 0.229. The summed E-state index contributed by atoms with van der Waals surface area (Å²) in [4.78, 5) is 11.7. The average molecular weight is 608 g/mol. The molecule has 0 heterocycles. The average Bonchev–Trinajstić information content (AvgIpc) is 3.46. The Bertz CT molecular complexity index is 1710. The molecule has 5 rings (SSSR count). The van der Waals surface area contributed by atoms with Gasteiger partial charge in [-0.2, -0.15) is 10.5 Å². The van der Waals surface area contributed by atoms with Gasteiger partial charge in [0.2, 0.25) is 0 Å². The van der Waals surface area contributed by atoms with Crippen LogP contribution in [0.15, 0.2) is 78.9 Å². The number of aliphatic carboxylic acids is 1. The Morgan fingerprint density at radius 2 is 1.75 bits per heavy atom. The molecule has 8 nitrogen and oxygen atoms in total. The van der Waals surface area contributed by atoms with Crippen LogP contribution in [0.4, 0.5) is 0 Å². The molecule has 2 atom stereocenters. The lowest BCUT2D eigenvalue weighted by atomic mass is 9.97. The van der Waals surface area contributed by atoms with Gasteiger partial charge in [0.25, 0.3) is 0 Å². The minimum atomic E-state index is -1.08. The summed E-state index contributed by atoms with van der Waals surface area (Å²) in [7, 11) is 0. The smallest absolute Gasteiger partial charge is 0.320 e. The highest BCUT2D eigenvalue weighted by molar-refractivity contribution is 6.32. The zero-order chi connectivity index (χ0) is 31.1. The van der Waals surface area contributed by atoms with Gasteiger partial charge in [0.05, 0.1) is 28.3 Å². The molecular formula is C35H30ClN3O5. The van der Waals surface area contributed by atoms with Crippen molar-refractivity contribution in [1.29, 1.82) is 10.5 Å². The third-order valence-corrected chi connectivity index (χ3v) is 7.88. The number of carboxylic acid groups (broad SMARTS) is 1. The molecule has 9 heteroatoms. The zero-order valence-electron chi connectivity index (χ0n) is 23.8. The van der Waals surface area contributed by atoms with Crippen LogP contribution in [0.3, 0.4) is 0 Å². The maximum atomic E-state index is 11.7. The molecule has 0 bridgehead atoms. The van der Waals surface area contributed by atoms with Gasteiger partial charge in [-0.15, -0.1) is 0 Å². The molecule has 0 saturated carbocycles. The Morgan fingerprint density at radius 1 is 1.00 bits per heavy atom. The molecule has 44 heavy (non-hydrogen) atoms. The number of aliphatic hydroxyl groups is 1. The Kier molecular flexibility index (Phi) is 9.79. The molecule has 0 aliphatic heterocycles. The molecule has 0 spiro atoms. The van der Waals surface area contributed by atoms with Gasteiger partial charge in [-0.05, 0) is 71.3 Å². The van der Waals surface area contributed by atoms with Crippen LogP contribution in [0.2, 0.25) is 5.02 Å². The number of carbonyl (C=O) groups is 1. The lowest BCUT2D eigenvalue weighted by Gasteiger charge is -2.20. The predicted molar refractivity (Wildman–Crippen MR) is 165 cm³/mol. The van der Waals surface area contributed by atoms with E-state index in [0.29, 0.717) is 38.8 Å². The summed E-state index contributed by atoms with van der Waals surface area (Å²) >= 11 is 6.73. The maximum Gasteiger partial charge on any atom is 0.320 e. The van der Waals surface area contributed by atoms with Crippen LogP contribution in [0.5, 0.6) is 11.5 Å². The van der Waals surface area contributed by atoms with Crippen LogP contribution < -0.4 is 14.8 Å². The van der Waals surface area contributed by atoms with E-state index in [-0.39, 0.29) is 32.3 Å². The summed E-state index contributed by atoms with van der Waals surface area (Å²) in [5.74, 6) is -0.260. The number of halogens is 1. The summed E-state index contributed by atoms with van der Waals surface area (Å²) in [5.41, 5.74) is 6.56. The normalized spacial score (nSPS) is 14.2. The van der Waals surface area contributed by atoms with E-state index in [0.717, 1.165) is 24.0 Å². The van der Waals surface area contributed by atoms with Crippen molar-refractivity contribution in [2.75, 3.05) is 6.61 Å². The molecule has 4 aromatic carbocycles.